The standard InChI is InChI=1S/C18H27NO3/c1-11-15-12-9-14(20-4)17(22-6)16(21-5)13(12)10-18(11,2)7-8-19(15)3/h9,11,15H,7-8,10H2,1-6H3/p+1/t11-,15+,18+/m1/s1. The van der Waals surface area contributed by atoms with Crippen molar-refractivity contribution in [2.45, 2.75) is 32.7 Å². The summed E-state index contributed by atoms with van der Waals surface area (Å²) in [6.07, 6.45) is 2.31. The Kier molecular flexibility index (Phi) is 3.76. The molecule has 0 radical (unpaired) electrons. The first-order chi connectivity index (χ1) is 10.5. The van der Waals surface area contributed by atoms with Crippen LogP contribution in [0.1, 0.15) is 37.4 Å². The Morgan fingerprint density at radius 3 is 2.41 bits per heavy atom. The SMILES string of the molecule is COc1cc2c(c(OC)c1OC)C[C@]1(C)CC[NH+](C)[C@H]2[C@H]1C. The topological polar surface area (TPSA) is 32.1 Å². The number of quaternary nitrogens is 1. The van der Waals surface area contributed by atoms with Crippen LogP contribution in [-0.2, 0) is 6.42 Å². The van der Waals surface area contributed by atoms with E-state index in [1.807, 2.05) is 0 Å². The molecule has 0 saturated carbocycles. The highest BCUT2D eigenvalue weighted by molar-refractivity contribution is 5.61. The molecule has 1 saturated heterocycles. The third kappa shape index (κ3) is 2.00. The van der Waals surface area contributed by atoms with Gasteiger partial charge in [-0.15, -0.1) is 0 Å². The van der Waals surface area contributed by atoms with E-state index in [-0.39, 0.29) is 0 Å². The van der Waals surface area contributed by atoms with Crippen molar-refractivity contribution in [1.82, 2.24) is 0 Å². The summed E-state index contributed by atoms with van der Waals surface area (Å²) < 4.78 is 16.9. The van der Waals surface area contributed by atoms with Crippen LogP contribution in [0.25, 0.3) is 0 Å². The maximum Gasteiger partial charge on any atom is 0.203 e. The van der Waals surface area contributed by atoms with Gasteiger partial charge in [0.25, 0.3) is 0 Å². The van der Waals surface area contributed by atoms with Crippen LogP contribution in [0.15, 0.2) is 6.07 Å². The molecule has 1 aliphatic heterocycles. The van der Waals surface area contributed by atoms with E-state index in [0.29, 0.717) is 17.4 Å². The van der Waals surface area contributed by atoms with Crippen molar-refractivity contribution in [2.75, 3.05) is 34.9 Å². The van der Waals surface area contributed by atoms with Crippen molar-refractivity contribution in [3.05, 3.63) is 17.2 Å². The summed E-state index contributed by atoms with van der Waals surface area (Å²) in [7, 11) is 7.40. The normalized spacial score (nSPS) is 33.1. The van der Waals surface area contributed by atoms with Gasteiger partial charge in [-0.2, -0.15) is 0 Å². The number of hydrogen-bond acceptors (Lipinski definition) is 3. The minimum atomic E-state index is 0.337. The zero-order valence-electron chi connectivity index (χ0n) is 14.6. The number of hydrogen-bond donors (Lipinski definition) is 1. The Balaban J connectivity index is 2.26. The van der Waals surface area contributed by atoms with Crippen molar-refractivity contribution in [2.24, 2.45) is 11.3 Å². The molecule has 2 aliphatic rings. The summed E-state index contributed by atoms with van der Waals surface area (Å²) in [6, 6.07) is 2.67. The van der Waals surface area contributed by atoms with Gasteiger partial charge in [0.1, 0.15) is 6.04 Å². The van der Waals surface area contributed by atoms with Gasteiger partial charge >= 0.3 is 0 Å². The van der Waals surface area contributed by atoms with E-state index in [0.717, 1.165) is 23.7 Å². The zero-order chi connectivity index (χ0) is 16.1. The second-order valence-corrected chi connectivity index (χ2v) is 7.16. The molecule has 0 spiro atoms. The van der Waals surface area contributed by atoms with E-state index >= 15 is 0 Å². The largest absolute Gasteiger partial charge is 0.493 e. The van der Waals surface area contributed by atoms with E-state index in [4.69, 9.17) is 14.2 Å². The summed E-state index contributed by atoms with van der Waals surface area (Å²) in [5, 5.41) is 0. The molecule has 1 N–H and O–H groups in total. The Hall–Kier alpha value is -1.42. The molecule has 4 nitrogen and oxygen atoms in total. The Bertz CT molecular complexity index is 586. The van der Waals surface area contributed by atoms with Crippen LogP contribution in [-0.4, -0.2) is 34.9 Å². The van der Waals surface area contributed by atoms with E-state index in [2.05, 4.69) is 27.0 Å². The molecule has 22 heavy (non-hydrogen) atoms. The van der Waals surface area contributed by atoms with Crippen molar-refractivity contribution in [1.29, 1.82) is 0 Å². The quantitative estimate of drug-likeness (QED) is 0.925. The maximum absolute atomic E-state index is 5.74. The zero-order valence-corrected chi connectivity index (χ0v) is 14.6. The molecule has 4 atom stereocenters. The predicted molar refractivity (Wildman–Crippen MR) is 86.2 cm³/mol. The van der Waals surface area contributed by atoms with E-state index in [1.54, 1.807) is 26.2 Å². The van der Waals surface area contributed by atoms with E-state index < -0.39 is 0 Å². The highest BCUT2D eigenvalue weighted by Crippen LogP contribution is 2.54. The number of fused-ring (bicyclic) bond motifs is 4. The molecular formula is C18H28NO3+. The molecule has 1 fully saturated rings. The number of nitrogens with one attached hydrogen (secondary N) is 1. The molecule has 1 unspecified atom stereocenters. The van der Waals surface area contributed by atoms with Crippen LogP contribution in [0.3, 0.4) is 0 Å². The van der Waals surface area contributed by atoms with Gasteiger partial charge in [0.05, 0.1) is 34.9 Å². The Morgan fingerprint density at radius 2 is 1.82 bits per heavy atom. The Labute approximate surface area is 133 Å². The minimum absolute atomic E-state index is 0.337. The van der Waals surface area contributed by atoms with Crippen molar-refractivity contribution < 1.29 is 19.1 Å². The molecule has 1 aliphatic carbocycles. The van der Waals surface area contributed by atoms with Gasteiger partial charge in [0.2, 0.25) is 5.75 Å². The summed E-state index contributed by atoms with van der Waals surface area (Å²) >= 11 is 0. The van der Waals surface area contributed by atoms with Crippen LogP contribution in [0.2, 0.25) is 0 Å². The third-order valence-electron chi connectivity index (χ3n) is 6.10. The van der Waals surface area contributed by atoms with Gasteiger partial charge in [-0.25, -0.2) is 0 Å². The first kappa shape index (κ1) is 15.5. The average Bonchev–Trinajstić information content (AvgIpc) is 2.51. The fourth-order valence-electron chi connectivity index (χ4n) is 4.58. The van der Waals surface area contributed by atoms with Crippen LogP contribution in [0.4, 0.5) is 0 Å². The number of methoxy groups -OCH3 is 3. The van der Waals surface area contributed by atoms with Crippen molar-refractivity contribution >= 4 is 0 Å². The predicted octanol–water partition coefficient (Wildman–Crippen LogP) is 1.87. The molecule has 1 aromatic rings. The molecule has 122 valence electrons. The Morgan fingerprint density at radius 1 is 1.14 bits per heavy atom. The van der Waals surface area contributed by atoms with Crippen LogP contribution < -0.4 is 19.1 Å². The molecule has 0 amide bonds. The second kappa shape index (κ2) is 5.34. The monoisotopic (exact) mass is 306 g/mol. The van der Waals surface area contributed by atoms with Crippen LogP contribution in [0.5, 0.6) is 17.2 Å². The molecule has 4 heteroatoms. The number of benzene rings is 1. The lowest BCUT2D eigenvalue weighted by atomic mass is 9.59. The smallest absolute Gasteiger partial charge is 0.203 e. The average molecular weight is 306 g/mol. The van der Waals surface area contributed by atoms with Crippen molar-refractivity contribution in [3.63, 3.8) is 0 Å². The third-order valence-corrected chi connectivity index (χ3v) is 6.10. The van der Waals surface area contributed by atoms with Gasteiger partial charge < -0.3 is 19.1 Å². The molecule has 0 aromatic heterocycles. The fraction of sp³-hybridized carbons (Fsp3) is 0.667. The fourth-order valence-corrected chi connectivity index (χ4v) is 4.58. The summed E-state index contributed by atoms with van der Waals surface area (Å²) in [6.45, 7) is 6.05. The number of piperidine rings is 1. The summed E-state index contributed by atoms with van der Waals surface area (Å²) in [5.74, 6) is 3.00. The number of ether oxygens (including phenoxy) is 3. The maximum atomic E-state index is 5.74. The van der Waals surface area contributed by atoms with Crippen LogP contribution >= 0.6 is 0 Å². The van der Waals surface area contributed by atoms with E-state index in [1.165, 1.54) is 24.1 Å². The minimum Gasteiger partial charge on any atom is -0.493 e. The first-order valence-electron chi connectivity index (χ1n) is 8.11. The van der Waals surface area contributed by atoms with Gasteiger partial charge in [-0.1, -0.05) is 13.8 Å². The lowest BCUT2D eigenvalue weighted by molar-refractivity contribution is -0.926. The highest BCUT2D eigenvalue weighted by atomic mass is 16.5. The number of rotatable bonds is 3. The summed E-state index contributed by atoms with van der Waals surface area (Å²) in [5.41, 5.74) is 3.02. The van der Waals surface area contributed by atoms with Gasteiger partial charge in [0, 0.05) is 23.5 Å². The number of likely N-dealkylation sites (tertiary alicyclic amines) is 1. The second-order valence-electron chi connectivity index (χ2n) is 7.16. The lowest BCUT2D eigenvalue weighted by Gasteiger charge is -2.51. The first-order valence-corrected chi connectivity index (χ1v) is 8.11. The molecule has 3 rings (SSSR count). The lowest BCUT2D eigenvalue weighted by Crippen LogP contribution is -3.12. The van der Waals surface area contributed by atoms with E-state index in [9.17, 15) is 0 Å². The molecule has 2 bridgehead atoms. The molecule has 1 heterocycles. The van der Waals surface area contributed by atoms with Gasteiger partial charge in [0.15, 0.2) is 11.5 Å². The molecule has 1 aromatic carbocycles. The molecular weight excluding hydrogens is 278 g/mol. The highest BCUT2D eigenvalue weighted by Gasteiger charge is 2.51. The van der Waals surface area contributed by atoms with Gasteiger partial charge in [-0.3, -0.25) is 0 Å². The summed E-state index contributed by atoms with van der Waals surface area (Å²) in [4.78, 5) is 1.58. The van der Waals surface area contributed by atoms with Gasteiger partial charge in [-0.05, 0) is 17.9 Å². The van der Waals surface area contributed by atoms with Crippen molar-refractivity contribution in [3.8, 4) is 17.2 Å². The van der Waals surface area contributed by atoms with Crippen LogP contribution in [0, 0.1) is 11.3 Å².